The summed E-state index contributed by atoms with van der Waals surface area (Å²) in [6, 6.07) is 12.5. The molecule has 3 rings (SSSR count). The van der Waals surface area contributed by atoms with Crippen molar-refractivity contribution in [3.63, 3.8) is 0 Å². The number of benzene rings is 1. The summed E-state index contributed by atoms with van der Waals surface area (Å²) in [6.07, 6.45) is 0. The van der Waals surface area contributed by atoms with Crippen LogP contribution in [0.2, 0.25) is 0 Å². The van der Waals surface area contributed by atoms with Gasteiger partial charge in [-0.2, -0.15) is 0 Å². The number of nitrogens with one attached hydrogen (secondary N) is 3. The Morgan fingerprint density at radius 1 is 1.07 bits per heavy atom. The molecule has 3 amide bonds. The average molecular weight is 463 g/mol. The van der Waals surface area contributed by atoms with Gasteiger partial charge in [0.05, 0.1) is 12.2 Å². The van der Waals surface area contributed by atoms with E-state index in [-0.39, 0.29) is 12.3 Å². The van der Waals surface area contributed by atoms with Gasteiger partial charge in [-0.15, -0.1) is 11.3 Å². The van der Waals surface area contributed by atoms with E-state index in [1.165, 1.54) is 17.4 Å². The Hall–Kier alpha value is -2.98. The minimum atomic E-state index is -0.585. The second kappa shape index (κ2) is 8.81. The highest BCUT2D eigenvalue weighted by Gasteiger charge is 2.17. The number of hydrogen-bond acceptors (Lipinski definition) is 6. The molecule has 8 nitrogen and oxygen atoms in total. The zero-order valence-electron chi connectivity index (χ0n) is 14.6. The molecule has 2 heterocycles. The number of halogens is 1. The highest BCUT2D eigenvalue weighted by Crippen LogP contribution is 2.27. The molecule has 144 valence electrons. The smallest absolute Gasteiger partial charge is 0.287 e. The van der Waals surface area contributed by atoms with Crippen LogP contribution in [0.1, 0.15) is 25.9 Å². The van der Waals surface area contributed by atoms with Crippen LogP contribution in [0, 0.1) is 6.92 Å². The van der Waals surface area contributed by atoms with Gasteiger partial charge in [0.15, 0.2) is 10.4 Å². The number of furan rings is 1. The van der Waals surface area contributed by atoms with E-state index < -0.39 is 17.7 Å². The number of carbonyl (C=O) groups is 3. The van der Waals surface area contributed by atoms with Crippen molar-refractivity contribution < 1.29 is 18.8 Å². The largest absolute Gasteiger partial charge is 0.444 e. The number of hydrogen-bond donors (Lipinski definition) is 3. The van der Waals surface area contributed by atoms with Crippen LogP contribution in [-0.2, 0) is 4.79 Å². The van der Waals surface area contributed by atoms with Gasteiger partial charge >= 0.3 is 0 Å². The maximum atomic E-state index is 12.3. The van der Waals surface area contributed by atoms with Crippen molar-refractivity contribution in [3.8, 4) is 10.6 Å². The van der Waals surface area contributed by atoms with Gasteiger partial charge in [0.25, 0.3) is 17.7 Å². The summed E-state index contributed by atoms with van der Waals surface area (Å²) in [6.45, 7) is 1.40. The van der Waals surface area contributed by atoms with Crippen LogP contribution in [0.25, 0.3) is 10.6 Å². The third-order valence-electron chi connectivity index (χ3n) is 3.55. The quantitative estimate of drug-likeness (QED) is 0.504. The fourth-order valence-electron chi connectivity index (χ4n) is 2.22. The molecule has 0 aliphatic carbocycles. The van der Waals surface area contributed by atoms with Crippen molar-refractivity contribution in [1.82, 2.24) is 21.2 Å². The molecule has 0 unspecified atom stereocenters. The lowest BCUT2D eigenvalue weighted by Gasteiger charge is -2.07. The molecular weight excluding hydrogens is 448 g/mol. The molecule has 0 bridgehead atoms. The highest BCUT2D eigenvalue weighted by molar-refractivity contribution is 9.10. The Balaban J connectivity index is 1.52. The van der Waals surface area contributed by atoms with Crippen molar-refractivity contribution in [3.05, 3.63) is 63.5 Å². The van der Waals surface area contributed by atoms with Gasteiger partial charge in [-0.05, 0) is 35.0 Å². The minimum absolute atomic E-state index is 0.0671. The summed E-state index contributed by atoms with van der Waals surface area (Å²) in [5.74, 6) is -1.54. The second-order valence-electron chi connectivity index (χ2n) is 5.59. The van der Waals surface area contributed by atoms with Crippen LogP contribution in [0.3, 0.4) is 0 Å². The van der Waals surface area contributed by atoms with E-state index in [2.05, 4.69) is 37.1 Å². The number of aromatic nitrogens is 1. The van der Waals surface area contributed by atoms with Gasteiger partial charge in [0, 0.05) is 5.56 Å². The average Bonchev–Trinajstić information content (AvgIpc) is 3.30. The van der Waals surface area contributed by atoms with E-state index >= 15 is 0 Å². The third kappa shape index (κ3) is 4.84. The molecule has 0 radical (unpaired) electrons. The number of nitrogens with zero attached hydrogens (tertiary/aromatic N) is 1. The predicted molar refractivity (Wildman–Crippen MR) is 107 cm³/mol. The van der Waals surface area contributed by atoms with E-state index in [4.69, 9.17) is 4.42 Å². The number of aryl methyl sites for hydroxylation is 1. The molecule has 0 saturated heterocycles. The number of hydrazine groups is 1. The number of carbonyl (C=O) groups excluding carboxylic acids is 3. The topological polar surface area (TPSA) is 113 Å². The van der Waals surface area contributed by atoms with E-state index in [0.29, 0.717) is 20.2 Å². The predicted octanol–water partition coefficient (Wildman–Crippen LogP) is 2.67. The summed E-state index contributed by atoms with van der Waals surface area (Å²) < 4.78 is 5.49. The zero-order chi connectivity index (χ0) is 20.1. The maximum absolute atomic E-state index is 12.3. The van der Waals surface area contributed by atoms with Crippen molar-refractivity contribution >= 4 is 45.0 Å². The highest BCUT2D eigenvalue weighted by atomic mass is 79.9. The molecule has 0 saturated carbocycles. The van der Waals surface area contributed by atoms with Crippen molar-refractivity contribution in [2.24, 2.45) is 0 Å². The summed E-state index contributed by atoms with van der Waals surface area (Å²) in [5.41, 5.74) is 6.05. The van der Waals surface area contributed by atoms with Gasteiger partial charge in [-0.1, -0.05) is 30.3 Å². The van der Waals surface area contributed by atoms with E-state index in [1.807, 2.05) is 30.3 Å². The first-order chi connectivity index (χ1) is 13.4. The second-order valence-corrected chi connectivity index (χ2v) is 7.37. The van der Waals surface area contributed by atoms with Crippen LogP contribution >= 0.6 is 27.3 Å². The third-order valence-corrected chi connectivity index (χ3v) is 5.18. The lowest BCUT2D eigenvalue weighted by atomic mass is 10.2. The number of rotatable bonds is 5. The van der Waals surface area contributed by atoms with Crippen LogP contribution in [0.15, 0.2) is 51.6 Å². The zero-order valence-corrected chi connectivity index (χ0v) is 17.0. The van der Waals surface area contributed by atoms with Crippen LogP contribution < -0.4 is 16.2 Å². The van der Waals surface area contributed by atoms with Gasteiger partial charge < -0.3 is 9.73 Å². The Kier molecular flexibility index (Phi) is 6.22. The summed E-state index contributed by atoms with van der Waals surface area (Å²) in [4.78, 5) is 40.7. The summed E-state index contributed by atoms with van der Waals surface area (Å²) >= 11 is 4.32. The molecule has 28 heavy (non-hydrogen) atoms. The first-order valence-corrected chi connectivity index (χ1v) is 9.70. The molecule has 0 aliphatic rings. The molecule has 3 N–H and O–H groups in total. The monoisotopic (exact) mass is 462 g/mol. The molecule has 3 aromatic rings. The molecule has 2 aromatic heterocycles. The van der Waals surface area contributed by atoms with Gasteiger partial charge in [0.2, 0.25) is 0 Å². The molecular formula is C18H15BrN4O4S. The molecule has 0 aliphatic heterocycles. The number of thiazole rings is 1. The van der Waals surface area contributed by atoms with Crippen LogP contribution in [0.5, 0.6) is 0 Å². The Morgan fingerprint density at radius 2 is 1.82 bits per heavy atom. The standard InChI is InChI=1S/C18H15BrN4O4S/c1-10-15(28-18(21-10)11-5-3-2-4-6-11)17(26)23-22-14(24)9-20-16(25)12-7-8-13(19)27-12/h2-8H,9H2,1H3,(H,20,25)(H,22,24)(H,23,26). The lowest BCUT2D eigenvalue weighted by Crippen LogP contribution is -2.46. The molecule has 10 heteroatoms. The summed E-state index contributed by atoms with van der Waals surface area (Å²) in [5, 5.41) is 3.10. The first-order valence-electron chi connectivity index (χ1n) is 8.09. The van der Waals surface area contributed by atoms with Gasteiger partial charge in [-0.25, -0.2) is 4.98 Å². The van der Waals surface area contributed by atoms with Crippen LogP contribution in [-0.4, -0.2) is 29.3 Å². The molecule has 0 spiro atoms. The van der Waals surface area contributed by atoms with Crippen molar-refractivity contribution in [2.45, 2.75) is 6.92 Å². The Labute approximate surface area is 172 Å². The normalized spacial score (nSPS) is 10.4. The Morgan fingerprint density at radius 3 is 2.50 bits per heavy atom. The maximum Gasteiger partial charge on any atom is 0.287 e. The van der Waals surface area contributed by atoms with E-state index in [9.17, 15) is 14.4 Å². The van der Waals surface area contributed by atoms with Crippen molar-refractivity contribution in [2.75, 3.05) is 6.54 Å². The van der Waals surface area contributed by atoms with Crippen LogP contribution in [0.4, 0.5) is 0 Å². The SMILES string of the molecule is Cc1nc(-c2ccccc2)sc1C(=O)NNC(=O)CNC(=O)c1ccc(Br)o1. The van der Waals surface area contributed by atoms with Crippen molar-refractivity contribution in [1.29, 1.82) is 0 Å². The minimum Gasteiger partial charge on any atom is -0.444 e. The molecule has 0 atom stereocenters. The van der Waals surface area contributed by atoms with Gasteiger partial charge in [-0.3, -0.25) is 25.2 Å². The number of amides is 3. The fourth-order valence-corrected chi connectivity index (χ4v) is 3.50. The Bertz CT molecular complexity index is 1020. The van der Waals surface area contributed by atoms with E-state index in [1.54, 1.807) is 13.0 Å². The van der Waals surface area contributed by atoms with E-state index in [0.717, 1.165) is 5.56 Å². The fraction of sp³-hybridized carbons (Fsp3) is 0.111. The first kappa shape index (κ1) is 19.8. The lowest BCUT2D eigenvalue weighted by molar-refractivity contribution is -0.120. The summed E-state index contributed by atoms with van der Waals surface area (Å²) in [7, 11) is 0. The van der Waals surface area contributed by atoms with Gasteiger partial charge in [0.1, 0.15) is 9.88 Å². The molecule has 0 fully saturated rings. The molecule has 1 aromatic carbocycles.